The van der Waals surface area contributed by atoms with Gasteiger partial charge in [0, 0.05) is 16.4 Å². The Hall–Kier alpha value is -0.340. The molecule has 1 aliphatic carbocycles. The summed E-state index contributed by atoms with van der Waals surface area (Å²) in [6, 6.07) is 9.34. The normalized spacial score (nSPS) is 27.2. The zero-order valence-electron chi connectivity index (χ0n) is 7.05. The molecule has 0 amide bonds. The lowest BCUT2D eigenvalue weighted by molar-refractivity contribution is 0.783. The summed E-state index contributed by atoms with van der Waals surface area (Å²) in [4.78, 5) is 0. The molecule has 0 aromatic heterocycles. The average molecular weight is 226 g/mol. The Labute approximate surface area is 81.3 Å². The summed E-state index contributed by atoms with van der Waals surface area (Å²) in [6.07, 6.45) is 1.29. The van der Waals surface area contributed by atoms with E-state index in [9.17, 15) is 0 Å². The summed E-state index contributed by atoms with van der Waals surface area (Å²) < 4.78 is 1.16. The van der Waals surface area contributed by atoms with E-state index in [4.69, 9.17) is 0 Å². The molecule has 12 heavy (non-hydrogen) atoms. The van der Waals surface area contributed by atoms with Crippen molar-refractivity contribution in [2.24, 2.45) is 0 Å². The van der Waals surface area contributed by atoms with Gasteiger partial charge in [0.15, 0.2) is 0 Å². The Balaban J connectivity index is 2.10. The van der Waals surface area contributed by atoms with E-state index in [1.807, 2.05) is 7.05 Å². The van der Waals surface area contributed by atoms with Crippen LogP contribution in [0, 0.1) is 0 Å². The first-order chi connectivity index (χ1) is 5.81. The zero-order valence-corrected chi connectivity index (χ0v) is 8.64. The van der Waals surface area contributed by atoms with Crippen LogP contribution in [0.5, 0.6) is 0 Å². The Morgan fingerprint density at radius 2 is 2.00 bits per heavy atom. The summed E-state index contributed by atoms with van der Waals surface area (Å²) >= 11 is 3.43. The molecule has 0 saturated heterocycles. The fourth-order valence-electron chi connectivity index (χ4n) is 1.59. The monoisotopic (exact) mass is 225 g/mol. The number of halogens is 1. The van der Waals surface area contributed by atoms with Crippen LogP contribution < -0.4 is 5.32 Å². The van der Waals surface area contributed by atoms with Gasteiger partial charge in [-0.3, -0.25) is 0 Å². The predicted octanol–water partition coefficient (Wildman–Crippen LogP) is 2.52. The van der Waals surface area contributed by atoms with Gasteiger partial charge >= 0.3 is 0 Å². The maximum absolute atomic E-state index is 3.43. The van der Waals surface area contributed by atoms with Crippen LogP contribution in [-0.4, -0.2) is 13.1 Å². The van der Waals surface area contributed by atoms with E-state index in [2.05, 4.69) is 45.5 Å². The predicted molar refractivity (Wildman–Crippen MR) is 54.3 cm³/mol. The second-order valence-electron chi connectivity index (χ2n) is 3.29. The van der Waals surface area contributed by atoms with Crippen molar-refractivity contribution < 1.29 is 0 Å². The number of benzene rings is 1. The molecule has 2 rings (SSSR count). The first-order valence-corrected chi connectivity index (χ1v) is 5.03. The molecule has 64 valence electrons. The van der Waals surface area contributed by atoms with Crippen LogP contribution in [0.2, 0.25) is 0 Å². The second kappa shape index (κ2) is 3.19. The Kier molecular flexibility index (Phi) is 2.20. The highest BCUT2D eigenvalue weighted by Crippen LogP contribution is 2.40. The van der Waals surface area contributed by atoms with E-state index in [-0.39, 0.29) is 0 Å². The molecule has 1 N–H and O–H groups in total. The maximum atomic E-state index is 3.43. The van der Waals surface area contributed by atoms with Crippen molar-refractivity contribution in [2.45, 2.75) is 18.4 Å². The van der Waals surface area contributed by atoms with Crippen molar-refractivity contribution in [3.8, 4) is 0 Å². The van der Waals surface area contributed by atoms with Crippen molar-refractivity contribution in [2.75, 3.05) is 7.05 Å². The van der Waals surface area contributed by atoms with E-state index in [1.54, 1.807) is 0 Å². The van der Waals surface area contributed by atoms with Gasteiger partial charge in [0.25, 0.3) is 0 Å². The lowest BCUT2D eigenvalue weighted by atomic mass is 10.1. The minimum absolute atomic E-state index is 0.714. The number of hydrogen-bond donors (Lipinski definition) is 1. The molecular weight excluding hydrogens is 214 g/mol. The standard InChI is InChI=1S/C10H12BrN/c1-12-10-6-9(10)7-2-4-8(11)5-3-7/h2-5,9-10,12H,6H2,1H3. The Bertz CT molecular complexity index is 268. The van der Waals surface area contributed by atoms with Crippen molar-refractivity contribution in [1.82, 2.24) is 5.32 Å². The lowest BCUT2D eigenvalue weighted by Crippen LogP contribution is -2.09. The van der Waals surface area contributed by atoms with Crippen molar-refractivity contribution in [1.29, 1.82) is 0 Å². The summed E-state index contributed by atoms with van der Waals surface area (Å²) in [7, 11) is 2.03. The molecule has 2 heteroatoms. The van der Waals surface area contributed by atoms with Gasteiger partial charge in [0.2, 0.25) is 0 Å². The Morgan fingerprint density at radius 3 is 2.50 bits per heavy atom. The third-order valence-corrected chi connectivity index (χ3v) is 2.99. The molecule has 2 unspecified atom stereocenters. The first-order valence-electron chi connectivity index (χ1n) is 4.24. The van der Waals surface area contributed by atoms with Gasteiger partial charge < -0.3 is 5.32 Å². The van der Waals surface area contributed by atoms with Crippen molar-refractivity contribution in [3.63, 3.8) is 0 Å². The molecular formula is C10H12BrN. The summed E-state index contributed by atoms with van der Waals surface area (Å²) in [5.41, 5.74) is 1.46. The van der Waals surface area contributed by atoms with Crippen molar-refractivity contribution >= 4 is 15.9 Å². The highest BCUT2D eigenvalue weighted by Gasteiger charge is 2.36. The quantitative estimate of drug-likeness (QED) is 0.816. The topological polar surface area (TPSA) is 12.0 Å². The molecule has 0 heterocycles. The highest BCUT2D eigenvalue weighted by molar-refractivity contribution is 9.10. The summed E-state index contributed by atoms with van der Waals surface area (Å²) in [5, 5.41) is 3.29. The smallest absolute Gasteiger partial charge is 0.0175 e. The summed E-state index contributed by atoms with van der Waals surface area (Å²) in [6.45, 7) is 0. The maximum Gasteiger partial charge on any atom is 0.0175 e. The molecule has 1 fully saturated rings. The third kappa shape index (κ3) is 1.54. The molecule has 1 aliphatic rings. The fourth-order valence-corrected chi connectivity index (χ4v) is 1.86. The van der Waals surface area contributed by atoms with E-state index in [0.29, 0.717) is 6.04 Å². The number of likely N-dealkylation sites (N-methyl/N-ethyl adjacent to an activating group) is 1. The number of nitrogens with one attached hydrogen (secondary N) is 1. The number of hydrogen-bond acceptors (Lipinski definition) is 1. The minimum Gasteiger partial charge on any atom is -0.316 e. The van der Waals surface area contributed by atoms with Gasteiger partial charge in [-0.2, -0.15) is 0 Å². The molecule has 0 aliphatic heterocycles. The highest BCUT2D eigenvalue weighted by atomic mass is 79.9. The van der Waals surface area contributed by atoms with E-state index >= 15 is 0 Å². The number of rotatable bonds is 2. The van der Waals surface area contributed by atoms with Crippen LogP contribution in [0.3, 0.4) is 0 Å². The van der Waals surface area contributed by atoms with Gasteiger partial charge in [-0.25, -0.2) is 0 Å². The van der Waals surface area contributed by atoms with Crippen LogP contribution in [0.25, 0.3) is 0 Å². The summed E-state index contributed by atoms with van der Waals surface area (Å²) in [5.74, 6) is 0.753. The van der Waals surface area contributed by atoms with Crippen LogP contribution in [0.4, 0.5) is 0 Å². The van der Waals surface area contributed by atoms with Crippen LogP contribution in [-0.2, 0) is 0 Å². The Morgan fingerprint density at radius 1 is 1.33 bits per heavy atom. The van der Waals surface area contributed by atoms with E-state index < -0.39 is 0 Å². The minimum atomic E-state index is 0.714. The zero-order chi connectivity index (χ0) is 8.55. The van der Waals surface area contributed by atoms with E-state index in [1.165, 1.54) is 12.0 Å². The first kappa shape index (κ1) is 8.27. The van der Waals surface area contributed by atoms with Crippen LogP contribution in [0.15, 0.2) is 28.7 Å². The van der Waals surface area contributed by atoms with Gasteiger partial charge in [0.1, 0.15) is 0 Å². The molecule has 1 nitrogen and oxygen atoms in total. The van der Waals surface area contributed by atoms with Gasteiger partial charge in [-0.1, -0.05) is 28.1 Å². The SMILES string of the molecule is CNC1CC1c1ccc(Br)cc1. The third-order valence-electron chi connectivity index (χ3n) is 2.46. The molecule has 0 radical (unpaired) electrons. The van der Waals surface area contributed by atoms with Gasteiger partial charge in [-0.15, -0.1) is 0 Å². The molecule has 1 aromatic carbocycles. The average Bonchev–Trinajstić information content (AvgIpc) is 2.85. The van der Waals surface area contributed by atoms with Crippen molar-refractivity contribution in [3.05, 3.63) is 34.3 Å². The molecule has 0 bridgehead atoms. The second-order valence-corrected chi connectivity index (χ2v) is 4.20. The van der Waals surface area contributed by atoms with Gasteiger partial charge in [0.05, 0.1) is 0 Å². The molecule has 1 aromatic rings. The lowest BCUT2D eigenvalue weighted by Gasteiger charge is -1.99. The van der Waals surface area contributed by atoms with Crippen LogP contribution in [0.1, 0.15) is 17.9 Å². The largest absolute Gasteiger partial charge is 0.316 e. The van der Waals surface area contributed by atoms with E-state index in [0.717, 1.165) is 10.4 Å². The molecule has 1 saturated carbocycles. The fraction of sp³-hybridized carbons (Fsp3) is 0.400. The molecule has 2 atom stereocenters. The molecule has 0 spiro atoms. The van der Waals surface area contributed by atoms with Crippen LogP contribution >= 0.6 is 15.9 Å². The van der Waals surface area contributed by atoms with Gasteiger partial charge in [-0.05, 0) is 31.2 Å².